The molecule has 0 amide bonds. The summed E-state index contributed by atoms with van der Waals surface area (Å²) in [6.45, 7) is 0. The van der Waals surface area contributed by atoms with Crippen LogP contribution in [-0.2, 0) is 21.4 Å². The van der Waals surface area contributed by atoms with E-state index in [1.807, 2.05) is 0 Å². The van der Waals surface area contributed by atoms with E-state index in [9.17, 15) is 27.2 Å². The predicted octanol–water partition coefficient (Wildman–Crippen LogP) is 1.83. The van der Waals surface area contributed by atoms with Crippen molar-refractivity contribution in [2.45, 2.75) is 11.8 Å². The summed E-state index contributed by atoms with van der Waals surface area (Å²) in [5.41, 5.74) is -1.83. The van der Waals surface area contributed by atoms with E-state index in [0.717, 1.165) is 18.2 Å². The summed E-state index contributed by atoms with van der Waals surface area (Å²) in [6.07, 6.45) is -0.523. The Kier molecular flexibility index (Phi) is 2.32. The molecule has 1 atom stereocenters. The zero-order chi connectivity index (χ0) is 12.8. The Labute approximate surface area is 92.6 Å². The maximum atomic E-state index is 14.1. The number of carbonyl (C=O) groups excluding carboxylic acids is 2. The first-order valence-corrected chi connectivity index (χ1v) is 4.49. The quantitative estimate of drug-likeness (QED) is 0.263. The van der Waals surface area contributed by atoms with Crippen LogP contribution in [0.25, 0.3) is 0 Å². The van der Waals surface area contributed by atoms with Gasteiger partial charge in [-0.15, -0.1) is 4.48 Å². The summed E-state index contributed by atoms with van der Waals surface area (Å²) in [4.78, 5) is 21.3. The predicted molar refractivity (Wildman–Crippen MR) is 47.1 cm³/mol. The molecule has 0 bridgehead atoms. The lowest BCUT2D eigenvalue weighted by Crippen LogP contribution is -2.45. The second kappa shape index (κ2) is 3.36. The van der Waals surface area contributed by atoms with Gasteiger partial charge in [-0.2, -0.15) is 8.78 Å². The first-order valence-electron chi connectivity index (χ1n) is 4.49. The molecule has 0 saturated heterocycles. The number of alkyl halides is 3. The maximum absolute atomic E-state index is 14.1. The Morgan fingerprint density at radius 3 is 2.24 bits per heavy atom. The summed E-state index contributed by atoms with van der Waals surface area (Å²) in [6, 6.07) is -0.340. The van der Waals surface area contributed by atoms with Crippen molar-refractivity contribution < 1.29 is 27.2 Å². The SMILES string of the molecule is O=CC(=O)C1(F)c2ccccc2C(F)(F)N1F. The molecule has 1 aromatic rings. The van der Waals surface area contributed by atoms with Crippen molar-refractivity contribution in [2.75, 3.05) is 0 Å². The molecule has 90 valence electrons. The summed E-state index contributed by atoms with van der Waals surface area (Å²) in [5, 5.41) is -1.53. The second-order valence-electron chi connectivity index (χ2n) is 3.47. The van der Waals surface area contributed by atoms with Crippen molar-refractivity contribution in [1.29, 1.82) is 0 Å². The maximum Gasteiger partial charge on any atom is 0.360 e. The molecule has 1 aliphatic rings. The smallest absolute Gasteiger partial charge is 0.294 e. The van der Waals surface area contributed by atoms with Gasteiger partial charge in [0.05, 0.1) is 0 Å². The van der Waals surface area contributed by atoms with Crippen LogP contribution in [0.1, 0.15) is 11.1 Å². The topological polar surface area (TPSA) is 37.4 Å². The van der Waals surface area contributed by atoms with Crippen LogP contribution in [0.3, 0.4) is 0 Å². The van der Waals surface area contributed by atoms with Gasteiger partial charge in [-0.1, -0.05) is 24.3 Å². The number of rotatable bonds is 2. The number of ketones is 1. The molecule has 1 aromatic carbocycles. The van der Waals surface area contributed by atoms with E-state index in [2.05, 4.69) is 0 Å². The molecule has 3 nitrogen and oxygen atoms in total. The molecule has 0 spiro atoms. The Hall–Kier alpha value is -1.76. The van der Waals surface area contributed by atoms with Crippen molar-refractivity contribution in [3.63, 3.8) is 0 Å². The lowest BCUT2D eigenvalue weighted by atomic mass is 10.00. The zero-order valence-corrected chi connectivity index (χ0v) is 8.16. The number of benzene rings is 1. The first-order chi connectivity index (χ1) is 7.86. The molecule has 2 rings (SSSR count). The lowest BCUT2D eigenvalue weighted by Gasteiger charge is -2.23. The van der Waals surface area contributed by atoms with Gasteiger partial charge in [0.15, 0.2) is 6.29 Å². The molecule has 0 aliphatic carbocycles. The average molecular weight is 247 g/mol. The van der Waals surface area contributed by atoms with E-state index in [0.29, 0.717) is 0 Å². The first kappa shape index (κ1) is 11.7. The molecule has 7 heteroatoms. The fourth-order valence-corrected chi connectivity index (χ4v) is 1.75. The lowest BCUT2D eigenvalue weighted by molar-refractivity contribution is -0.298. The third-order valence-corrected chi connectivity index (χ3v) is 2.56. The minimum absolute atomic E-state index is 0.523. The number of nitrogens with zero attached hydrogens (tertiary/aromatic N) is 1. The third-order valence-electron chi connectivity index (χ3n) is 2.56. The Morgan fingerprint density at radius 1 is 1.18 bits per heavy atom. The average Bonchev–Trinajstić information content (AvgIpc) is 2.49. The number of aldehydes is 1. The molecule has 0 aromatic heterocycles. The number of hydrogen-bond acceptors (Lipinski definition) is 3. The van der Waals surface area contributed by atoms with Crippen molar-refractivity contribution in [1.82, 2.24) is 5.12 Å². The summed E-state index contributed by atoms with van der Waals surface area (Å²) in [5.74, 6) is -5.67. The van der Waals surface area contributed by atoms with Gasteiger partial charge < -0.3 is 0 Å². The van der Waals surface area contributed by atoms with E-state index in [-0.39, 0.29) is 0 Å². The molecule has 0 N–H and O–H groups in total. The van der Waals surface area contributed by atoms with Gasteiger partial charge in [-0.25, -0.2) is 4.39 Å². The van der Waals surface area contributed by atoms with Gasteiger partial charge in [-0.3, -0.25) is 9.59 Å². The summed E-state index contributed by atoms with van der Waals surface area (Å²) in [7, 11) is 0. The van der Waals surface area contributed by atoms with Crippen molar-refractivity contribution in [3.05, 3.63) is 35.4 Å². The Bertz CT molecular complexity index is 505. The molecular weight excluding hydrogens is 242 g/mol. The fourth-order valence-electron chi connectivity index (χ4n) is 1.75. The number of fused-ring (bicyclic) bond motifs is 1. The number of carbonyl (C=O) groups is 2. The molecule has 0 fully saturated rings. The van der Waals surface area contributed by atoms with Crippen LogP contribution in [0.4, 0.5) is 17.7 Å². The van der Waals surface area contributed by atoms with Crippen LogP contribution >= 0.6 is 0 Å². The van der Waals surface area contributed by atoms with Crippen LogP contribution in [0.5, 0.6) is 0 Å². The molecule has 0 radical (unpaired) electrons. The van der Waals surface area contributed by atoms with E-state index >= 15 is 0 Å². The van der Waals surface area contributed by atoms with Gasteiger partial charge in [-0.05, 0) is 5.12 Å². The van der Waals surface area contributed by atoms with Crippen LogP contribution < -0.4 is 0 Å². The van der Waals surface area contributed by atoms with E-state index in [4.69, 9.17) is 0 Å². The molecule has 1 heterocycles. The van der Waals surface area contributed by atoms with Crippen molar-refractivity contribution in [2.24, 2.45) is 0 Å². The number of halogens is 4. The Balaban J connectivity index is 2.73. The van der Waals surface area contributed by atoms with Gasteiger partial charge >= 0.3 is 6.05 Å². The summed E-state index contributed by atoms with van der Waals surface area (Å²) < 4.78 is 54.1. The molecule has 1 aliphatic heterocycles. The highest BCUT2D eigenvalue weighted by atomic mass is 19.3. The van der Waals surface area contributed by atoms with Crippen LogP contribution in [0.2, 0.25) is 0 Å². The third kappa shape index (κ3) is 1.25. The number of Topliss-reactive ketones (excluding diaryl/α,β-unsaturated/α-hetero) is 1. The molecule has 1 unspecified atom stereocenters. The highest BCUT2D eigenvalue weighted by molar-refractivity contribution is 6.28. The van der Waals surface area contributed by atoms with E-state index in [1.54, 1.807) is 0 Å². The molecular formula is C10H5F4NO2. The van der Waals surface area contributed by atoms with Gasteiger partial charge in [0.1, 0.15) is 0 Å². The normalized spacial score (nSPS) is 26.6. The monoisotopic (exact) mass is 247 g/mol. The highest BCUT2D eigenvalue weighted by Crippen LogP contribution is 2.52. The second-order valence-corrected chi connectivity index (χ2v) is 3.47. The standard InChI is InChI=1S/C10H5F4NO2/c11-9(8(17)5-16)6-3-1-2-4-7(6)10(12,13)15(9)14/h1-5H. The highest BCUT2D eigenvalue weighted by Gasteiger charge is 2.66. The Morgan fingerprint density at radius 2 is 1.71 bits per heavy atom. The minimum atomic E-state index is -4.29. The molecule has 17 heavy (non-hydrogen) atoms. The van der Waals surface area contributed by atoms with Crippen LogP contribution in [0, 0.1) is 0 Å². The fraction of sp³-hybridized carbons (Fsp3) is 0.200. The van der Waals surface area contributed by atoms with Crippen LogP contribution in [0.15, 0.2) is 24.3 Å². The summed E-state index contributed by atoms with van der Waals surface area (Å²) >= 11 is 0. The number of hydrogen-bond donors (Lipinski definition) is 0. The van der Waals surface area contributed by atoms with Crippen molar-refractivity contribution >= 4 is 12.1 Å². The van der Waals surface area contributed by atoms with Crippen molar-refractivity contribution in [3.8, 4) is 0 Å². The van der Waals surface area contributed by atoms with E-state index < -0.39 is 40.2 Å². The van der Waals surface area contributed by atoms with Crippen LogP contribution in [-0.4, -0.2) is 17.2 Å². The largest absolute Gasteiger partial charge is 0.360 e. The molecule has 0 saturated carbocycles. The zero-order valence-electron chi connectivity index (χ0n) is 8.16. The van der Waals surface area contributed by atoms with Gasteiger partial charge in [0.25, 0.3) is 11.6 Å². The van der Waals surface area contributed by atoms with Gasteiger partial charge in [0, 0.05) is 11.1 Å². The van der Waals surface area contributed by atoms with E-state index in [1.165, 1.54) is 6.07 Å². The van der Waals surface area contributed by atoms with Gasteiger partial charge in [0.2, 0.25) is 0 Å². The minimum Gasteiger partial charge on any atom is -0.294 e.